The van der Waals surface area contributed by atoms with E-state index >= 15 is 0 Å². The Morgan fingerprint density at radius 2 is 1.97 bits per heavy atom. The van der Waals surface area contributed by atoms with Crippen molar-refractivity contribution in [2.45, 2.75) is 45.4 Å². The van der Waals surface area contributed by atoms with Crippen LogP contribution in [0.5, 0.6) is 5.75 Å². The molecule has 1 N–H and O–H groups in total. The van der Waals surface area contributed by atoms with Gasteiger partial charge in [-0.15, -0.1) is 5.10 Å². The molecule has 1 saturated heterocycles. The Morgan fingerprint density at radius 1 is 1.16 bits per heavy atom. The summed E-state index contributed by atoms with van der Waals surface area (Å²) >= 11 is 0. The third-order valence-corrected chi connectivity index (χ3v) is 6.46. The van der Waals surface area contributed by atoms with E-state index in [1.807, 2.05) is 37.3 Å². The maximum Gasteiger partial charge on any atom is 0.251 e. The van der Waals surface area contributed by atoms with E-state index in [0.29, 0.717) is 53.7 Å². The van der Waals surface area contributed by atoms with Crippen LogP contribution >= 0.6 is 0 Å². The number of aryl methyl sites for hydroxylation is 1. The smallest absolute Gasteiger partial charge is 0.251 e. The minimum Gasteiger partial charge on any atom is -0.492 e. The van der Waals surface area contributed by atoms with Gasteiger partial charge in [-0.1, -0.05) is 29.5 Å². The van der Waals surface area contributed by atoms with Crippen molar-refractivity contribution in [2.24, 2.45) is 0 Å². The summed E-state index contributed by atoms with van der Waals surface area (Å²) in [5.74, 6) is 0.698. The first-order valence-corrected chi connectivity index (χ1v) is 12.8. The third kappa shape index (κ3) is 5.40. The molecule has 38 heavy (non-hydrogen) atoms. The van der Waals surface area contributed by atoms with Crippen molar-refractivity contribution in [3.05, 3.63) is 72.2 Å². The van der Waals surface area contributed by atoms with Gasteiger partial charge in [0.2, 0.25) is 5.91 Å². The lowest BCUT2D eigenvalue weighted by molar-refractivity contribution is -0.127. The molecule has 1 fully saturated rings. The van der Waals surface area contributed by atoms with Crippen LogP contribution in [-0.2, 0) is 20.9 Å². The van der Waals surface area contributed by atoms with Gasteiger partial charge >= 0.3 is 0 Å². The molecule has 0 saturated carbocycles. The van der Waals surface area contributed by atoms with Gasteiger partial charge in [0.15, 0.2) is 6.04 Å². The Hall–Kier alpha value is -4.18. The number of benzene rings is 2. The largest absolute Gasteiger partial charge is 0.492 e. The minimum absolute atomic E-state index is 0.0562. The average molecular weight is 518 g/mol. The van der Waals surface area contributed by atoms with E-state index in [0.717, 1.165) is 12.8 Å². The summed E-state index contributed by atoms with van der Waals surface area (Å²) in [5, 5.41) is 11.3. The van der Waals surface area contributed by atoms with E-state index in [1.165, 1.54) is 9.58 Å². The standard InChI is InChI=1S/C28H31N5O5/c1-3-36-24-13-7-6-12-23(24)33(26(34)18-32-22-11-5-4-10-21(22)30-31-32)27(25-15-14-19(2)38-25)28(35)29-17-20-9-8-16-37-20/h4-7,10-15,20,27H,3,8-9,16-18H2,1-2H3,(H,29,35)/t20-,27-/m0/s1. The molecular weight excluding hydrogens is 486 g/mol. The maximum absolute atomic E-state index is 14.1. The molecule has 2 aromatic heterocycles. The summed E-state index contributed by atoms with van der Waals surface area (Å²) in [6, 6.07) is 17.0. The molecule has 0 bridgehead atoms. The normalized spacial score (nSPS) is 15.9. The lowest BCUT2D eigenvalue weighted by Gasteiger charge is -2.31. The first kappa shape index (κ1) is 25.5. The fourth-order valence-electron chi connectivity index (χ4n) is 4.68. The monoisotopic (exact) mass is 517 g/mol. The summed E-state index contributed by atoms with van der Waals surface area (Å²) in [4.78, 5) is 29.4. The van der Waals surface area contributed by atoms with E-state index in [1.54, 1.807) is 37.3 Å². The van der Waals surface area contributed by atoms with E-state index < -0.39 is 6.04 Å². The van der Waals surface area contributed by atoms with Gasteiger partial charge in [0.25, 0.3) is 5.91 Å². The number of nitrogens with zero attached hydrogens (tertiary/aromatic N) is 4. The molecule has 1 aliphatic heterocycles. The predicted octanol–water partition coefficient (Wildman–Crippen LogP) is 3.80. The van der Waals surface area contributed by atoms with Crippen LogP contribution in [0.4, 0.5) is 5.69 Å². The first-order chi connectivity index (χ1) is 18.5. The second-order valence-electron chi connectivity index (χ2n) is 9.13. The quantitative estimate of drug-likeness (QED) is 0.341. The SMILES string of the molecule is CCOc1ccccc1N(C(=O)Cn1nnc2ccccc21)[C@H](C(=O)NC[C@@H]1CCCO1)c1ccc(C)o1. The van der Waals surface area contributed by atoms with Gasteiger partial charge in [-0.25, -0.2) is 4.68 Å². The number of rotatable bonds is 10. The van der Waals surface area contributed by atoms with Crippen LogP contribution in [-0.4, -0.2) is 52.7 Å². The van der Waals surface area contributed by atoms with Crippen molar-refractivity contribution < 1.29 is 23.5 Å². The molecule has 0 spiro atoms. The van der Waals surface area contributed by atoms with Gasteiger partial charge in [-0.2, -0.15) is 0 Å². The third-order valence-electron chi connectivity index (χ3n) is 6.46. The first-order valence-electron chi connectivity index (χ1n) is 12.8. The van der Waals surface area contributed by atoms with Crippen LogP contribution in [0.2, 0.25) is 0 Å². The van der Waals surface area contributed by atoms with Gasteiger partial charge in [0.1, 0.15) is 29.3 Å². The second kappa shape index (κ2) is 11.5. The number of aromatic nitrogens is 3. The molecule has 10 heteroatoms. The van der Waals surface area contributed by atoms with Crippen LogP contribution in [0.25, 0.3) is 11.0 Å². The van der Waals surface area contributed by atoms with Crippen LogP contribution in [0.3, 0.4) is 0 Å². The number of carbonyl (C=O) groups excluding carboxylic acids is 2. The molecule has 1 aliphatic rings. The molecule has 2 amide bonds. The van der Waals surface area contributed by atoms with Gasteiger partial charge in [0.05, 0.1) is 23.9 Å². The van der Waals surface area contributed by atoms with Crippen molar-refractivity contribution in [1.29, 1.82) is 0 Å². The number of hydrogen-bond acceptors (Lipinski definition) is 7. The zero-order valence-electron chi connectivity index (χ0n) is 21.5. The van der Waals surface area contributed by atoms with Crippen LogP contribution in [0.15, 0.2) is 65.1 Å². The number of anilines is 1. The van der Waals surface area contributed by atoms with Crippen molar-refractivity contribution in [2.75, 3.05) is 24.7 Å². The molecule has 198 valence electrons. The summed E-state index contributed by atoms with van der Waals surface area (Å²) < 4.78 is 19.0. The number of furan rings is 1. The van der Waals surface area contributed by atoms with Crippen molar-refractivity contribution >= 4 is 28.5 Å². The Labute approximate surface area is 220 Å². The Balaban J connectivity index is 1.55. The minimum atomic E-state index is -1.09. The zero-order valence-corrected chi connectivity index (χ0v) is 21.5. The van der Waals surface area contributed by atoms with Crippen LogP contribution < -0.4 is 15.0 Å². The van der Waals surface area contributed by atoms with Crippen LogP contribution in [0, 0.1) is 6.92 Å². The second-order valence-corrected chi connectivity index (χ2v) is 9.13. The number of amides is 2. The average Bonchev–Trinajstić information content (AvgIpc) is 3.69. The summed E-state index contributed by atoms with van der Waals surface area (Å²) in [5.41, 5.74) is 1.84. The molecule has 4 aromatic rings. The van der Waals surface area contributed by atoms with Crippen molar-refractivity contribution in [3.63, 3.8) is 0 Å². The molecule has 2 atom stereocenters. The summed E-state index contributed by atoms with van der Waals surface area (Å²) in [6.45, 7) is 4.94. The Bertz CT molecular complexity index is 1410. The Morgan fingerprint density at radius 3 is 2.74 bits per heavy atom. The van der Waals surface area contributed by atoms with E-state index in [4.69, 9.17) is 13.9 Å². The van der Waals surface area contributed by atoms with Gasteiger partial charge < -0.3 is 19.2 Å². The lowest BCUT2D eigenvalue weighted by Crippen LogP contribution is -2.46. The topological polar surface area (TPSA) is 112 Å². The number of fused-ring (bicyclic) bond motifs is 1. The highest BCUT2D eigenvalue weighted by atomic mass is 16.5. The zero-order chi connectivity index (χ0) is 26.5. The molecule has 0 unspecified atom stereocenters. The van der Waals surface area contributed by atoms with E-state index in [-0.39, 0.29) is 24.5 Å². The summed E-state index contributed by atoms with van der Waals surface area (Å²) in [6.07, 6.45) is 1.78. The van der Waals surface area contributed by atoms with E-state index in [2.05, 4.69) is 15.6 Å². The number of para-hydroxylation sites is 3. The predicted molar refractivity (Wildman–Crippen MR) is 141 cm³/mol. The molecular formula is C28H31N5O5. The number of ether oxygens (including phenoxy) is 2. The molecule has 5 rings (SSSR count). The van der Waals surface area contributed by atoms with Gasteiger partial charge in [0, 0.05) is 13.2 Å². The number of nitrogens with one attached hydrogen (secondary N) is 1. The fourth-order valence-corrected chi connectivity index (χ4v) is 4.68. The van der Waals surface area contributed by atoms with Crippen molar-refractivity contribution in [1.82, 2.24) is 20.3 Å². The number of carbonyl (C=O) groups is 2. The molecule has 0 aliphatic carbocycles. The maximum atomic E-state index is 14.1. The van der Waals surface area contributed by atoms with Crippen LogP contribution in [0.1, 0.15) is 37.3 Å². The van der Waals surface area contributed by atoms with E-state index in [9.17, 15) is 9.59 Å². The van der Waals surface area contributed by atoms with Crippen molar-refractivity contribution in [3.8, 4) is 5.75 Å². The molecule has 3 heterocycles. The fraction of sp³-hybridized carbons (Fsp3) is 0.357. The molecule has 10 nitrogen and oxygen atoms in total. The highest BCUT2D eigenvalue weighted by Gasteiger charge is 2.37. The van der Waals surface area contributed by atoms with Gasteiger partial charge in [-0.05, 0) is 63.1 Å². The van der Waals surface area contributed by atoms with Gasteiger partial charge in [-0.3, -0.25) is 14.5 Å². The molecule has 2 aromatic carbocycles. The highest BCUT2D eigenvalue weighted by Crippen LogP contribution is 2.36. The number of hydrogen-bond donors (Lipinski definition) is 1. The highest BCUT2D eigenvalue weighted by molar-refractivity contribution is 6.02. The lowest BCUT2D eigenvalue weighted by atomic mass is 10.1. The Kier molecular flexibility index (Phi) is 7.69. The molecule has 0 radical (unpaired) electrons. The summed E-state index contributed by atoms with van der Waals surface area (Å²) in [7, 11) is 0.